The van der Waals surface area contributed by atoms with E-state index in [9.17, 15) is 24.0 Å². The topological polar surface area (TPSA) is 201 Å². The molecule has 422 valence electrons. The quantitative estimate of drug-likeness (QED) is 0.0754. The Morgan fingerprint density at radius 1 is 0.608 bits per heavy atom. The number of benzene rings is 4. The molecule has 79 heavy (non-hydrogen) atoms. The third-order valence-corrected chi connectivity index (χ3v) is 16.7. The predicted octanol–water partition coefficient (Wildman–Crippen LogP) is 6.22. The van der Waals surface area contributed by atoms with Crippen LogP contribution in [0.4, 0.5) is 0 Å². The van der Waals surface area contributed by atoms with Crippen molar-refractivity contribution in [2.24, 2.45) is 10.8 Å². The molecule has 2 aliphatic heterocycles. The third kappa shape index (κ3) is 13.2. The third-order valence-electron chi connectivity index (χ3n) is 16.7. The van der Waals surface area contributed by atoms with E-state index in [1.54, 1.807) is 45.0 Å². The molecular weight excluding hydrogens is 995 g/mol. The second-order valence-electron chi connectivity index (χ2n) is 24.4. The summed E-state index contributed by atoms with van der Waals surface area (Å²) in [6, 6.07) is 25.4. The minimum atomic E-state index is -0.963. The van der Waals surface area contributed by atoms with Gasteiger partial charge >= 0.3 is 0 Å². The van der Waals surface area contributed by atoms with Crippen molar-refractivity contribution in [2.75, 3.05) is 20.6 Å². The van der Waals surface area contributed by atoms with Crippen molar-refractivity contribution >= 4 is 41.4 Å². The molecule has 0 saturated carbocycles. The summed E-state index contributed by atoms with van der Waals surface area (Å²) < 4.78 is 0. The number of likely N-dealkylation sites (N-methyl/N-ethyl adjacent to an activating group) is 2. The molecule has 6 N–H and O–H groups in total. The fourth-order valence-corrected chi connectivity index (χ4v) is 11.8. The van der Waals surface area contributed by atoms with Gasteiger partial charge in [0.15, 0.2) is 0 Å². The van der Waals surface area contributed by atoms with Crippen molar-refractivity contribution in [3.63, 3.8) is 0 Å². The first-order valence-corrected chi connectivity index (χ1v) is 28.4. The maximum Gasteiger partial charge on any atom is 0.251 e. The Hall–Kier alpha value is -6.91. The monoisotopic (exact) mass is 1080 g/mol. The zero-order valence-electron chi connectivity index (χ0n) is 47.9. The summed E-state index contributed by atoms with van der Waals surface area (Å²) in [5.74, 6) is -2.29. The van der Waals surface area contributed by atoms with Crippen LogP contribution >= 0.6 is 0 Å². The molecule has 0 aromatic heterocycles. The highest BCUT2D eigenvalue weighted by atomic mass is 16.2. The number of nitrogens with zero attached hydrogens (tertiary/aromatic N) is 3. The number of hydrogen-bond donors (Lipinski definition) is 6. The molecule has 1 fully saturated rings. The van der Waals surface area contributed by atoms with Crippen LogP contribution < -0.4 is 31.9 Å². The Bertz CT molecular complexity index is 2890. The number of carbonyl (C=O) groups is 7. The van der Waals surface area contributed by atoms with Crippen LogP contribution in [0.1, 0.15) is 149 Å². The summed E-state index contributed by atoms with van der Waals surface area (Å²) in [7, 11) is 3.37. The van der Waals surface area contributed by atoms with Crippen LogP contribution in [0, 0.1) is 10.8 Å². The summed E-state index contributed by atoms with van der Waals surface area (Å²) in [4.78, 5) is 106. The van der Waals surface area contributed by atoms with Crippen LogP contribution in [0.2, 0.25) is 0 Å². The van der Waals surface area contributed by atoms with Crippen LogP contribution in [-0.2, 0) is 61.1 Å². The van der Waals surface area contributed by atoms with E-state index < -0.39 is 59.0 Å². The number of likely N-dealkylation sites (tertiary alicyclic amines) is 1. The Labute approximate surface area is 467 Å². The summed E-state index contributed by atoms with van der Waals surface area (Å²) in [5.41, 5.74) is 6.16. The second kappa shape index (κ2) is 24.6. The van der Waals surface area contributed by atoms with Gasteiger partial charge in [-0.25, -0.2) is 0 Å². The summed E-state index contributed by atoms with van der Waals surface area (Å²) >= 11 is 0. The highest BCUT2D eigenvalue weighted by molar-refractivity contribution is 5.97. The summed E-state index contributed by atoms with van der Waals surface area (Å²) in [5, 5.41) is 18.3. The summed E-state index contributed by atoms with van der Waals surface area (Å²) in [6.45, 7) is 15.3. The van der Waals surface area contributed by atoms with Gasteiger partial charge in [-0.05, 0) is 135 Å². The minimum Gasteiger partial charge on any atom is -0.347 e. The van der Waals surface area contributed by atoms with Gasteiger partial charge < -0.3 is 46.6 Å². The molecule has 16 heteroatoms. The van der Waals surface area contributed by atoms with E-state index in [1.807, 2.05) is 113 Å². The molecule has 2 unspecified atom stereocenters. The molecule has 4 aromatic rings. The number of aryl methyl sites for hydroxylation is 2. The summed E-state index contributed by atoms with van der Waals surface area (Å²) in [6.07, 6.45) is 5.51. The Morgan fingerprint density at radius 3 is 1.71 bits per heavy atom. The van der Waals surface area contributed by atoms with Crippen LogP contribution in [0.3, 0.4) is 0 Å². The normalized spacial score (nSPS) is 21.4. The lowest BCUT2D eigenvalue weighted by molar-refractivity contribution is -0.152. The average molecular weight is 1080 g/mol. The van der Waals surface area contributed by atoms with E-state index in [4.69, 9.17) is 0 Å². The number of hydrogen-bond acceptors (Lipinski definition) is 9. The second-order valence-corrected chi connectivity index (χ2v) is 24.4. The van der Waals surface area contributed by atoms with E-state index in [0.717, 1.165) is 66.3 Å². The van der Waals surface area contributed by atoms with E-state index in [-0.39, 0.29) is 73.6 Å². The molecule has 4 aliphatic rings. The molecule has 16 nitrogen and oxygen atoms in total. The van der Waals surface area contributed by atoms with Crippen LogP contribution in [0.5, 0.6) is 0 Å². The molecule has 1 saturated heterocycles. The van der Waals surface area contributed by atoms with Crippen molar-refractivity contribution in [1.82, 2.24) is 46.6 Å². The first-order valence-electron chi connectivity index (χ1n) is 28.4. The fraction of sp³-hybridized carbons (Fsp3) is 0.508. The number of carbonyl (C=O) groups excluding carboxylic acids is 7. The Balaban J connectivity index is 1.06. The van der Waals surface area contributed by atoms with Crippen LogP contribution in [-0.4, -0.2) is 119 Å². The SMILES string of the molecule is CN[C@@H](C)C(=O)NC(C(=O)N1Cc2ccccc2C[C@H]1C(=O)N(Cc1ccc(C(=O)NC2C[C@@H](C(=O)N[C@@H]3CCCc4ccccc43)N(C(=O)[C@@H](NC(=O)[C@H](C)NC)C(C)(C)C)C2)cc1)[C@@H]1CCCc2ccccc21)C(C)(C)C. The molecule has 0 bridgehead atoms. The molecule has 0 radical (unpaired) electrons. The van der Waals surface area contributed by atoms with Crippen molar-refractivity contribution < 1.29 is 33.6 Å². The maximum absolute atomic E-state index is 15.8. The van der Waals surface area contributed by atoms with Crippen molar-refractivity contribution in [1.29, 1.82) is 0 Å². The fourth-order valence-electron chi connectivity index (χ4n) is 11.8. The van der Waals surface area contributed by atoms with Gasteiger partial charge in [-0.15, -0.1) is 0 Å². The first-order chi connectivity index (χ1) is 37.6. The number of nitrogens with one attached hydrogen (secondary N) is 6. The number of fused-ring (bicyclic) bond motifs is 3. The molecule has 0 spiro atoms. The molecule has 4 aromatic carbocycles. The van der Waals surface area contributed by atoms with Crippen molar-refractivity contribution in [2.45, 2.75) is 174 Å². The number of rotatable bonds is 16. The first kappa shape index (κ1) is 58.2. The molecule has 2 aliphatic carbocycles. The van der Waals surface area contributed by atoms with Gasteiger partial charge in [0.2, 0.25) is 35.4 Å². The lowest BCUT2D eigenvalue weighted by Crippen LogP contribution is -2.62. The largest absolute Gasteiger partial charge is 0.347 e. The highest BCUT2D eigenvalue weighted by Crippen LogP contribution is 2.38. The lowest BCUT2D eigenvalue weighted by atomic mass is 9.83. The van der Waals surface area contributed by atoms with E-state index in [2.05, 4.69) is 50.1 Å². The molecule has 2 heterocycles. The van der Waals surface area contributed by atoms with E-state index in [1.165, 1.54) is 16.0 Å². The van der Waals surface area contributed by atoms with Gasteiger partial charge in [0.25, 0.3) is 5.91 Å². The number of amides is 7. The average Bonchev–Trinajstić information content (AvgIpc) is 3.99. The molecular formula is C63H83N9O7. The van der Waals surface area contributed by atoms with Crippen molar-refractivity contribution in [3.05, 3.63) is 142 Å². The van der Waals surface area contributed by atoms with Crippen molar-refractivity contribution in [3.8, 4) is 0 Å². The Kier molecular flexibility index (Phi) is 18.2. The highest BCUT2D eigenvalue weighted by Gasteiger charge is 2.47. The van der Waals surface area contributed by atoms with Gasteiger partial charge in [-0.1, -0.05) is 126 Å². The zero-order valence-corrected chi connectivity index (χ0v) is 47.9. The van der Waals surface area contributed by atoms with Gasteiger partial charge in [0.05, 0.1) is 24.2 Å². The van der Waals surface area contributed by atoms with E-state index >= 15 is 9.59 Å². The molecule has 7 amide bonds. The predicted molar refractivity (Wildman–Crippen MR) is 305 cm³/mol. The standard InChI is InChI=1S/C63H83N9O7/c1-38(64-9)55(73)68-53(62(3,4)5)60(78)71-36-45-22-12-11-21-44(45)33-52(71)59(77)70(50-28-18-24-42-20-14-16-26-48(42)50)35-40-29-31-43(32-30-40)57(75)66-46-34-51(58(76)67-49-27-17-23-41-19-13-15-25-47(41)49)72(37-46)61(79)54(63(6,7)8)69-56(74)39(2)65-10/h11-16,19-22,25-26,29-32,38-39,46,49-54,64-65H,17-18,23-24,27-28,33-37H2,1-10H3,(H,66,75)(H,67,76)(H,68,73)(H,69,74)/t38-,39-,46?,49+,50+,51-,52-,53?,54+/m0/s1. The van der Waals surface area contributed by atoms with Gasteiger partial charge in [0.1, 0.15) is 24.2 Å². The lowest BCUT2D eigenvalue weighted by Gasteiger charge is -2.44. The van der Waals surface area contributed by atoms with Crippen LogP contribution in [0.25, 0.3) is 0 Å². The Morgan fingerprint density at radius 2 is 1.13 bits per heavy atom. The van der Waals surface area contributed by atoms with Gasteiger partial charge in [-0.3, -0.25) is 33.6 Å². The van der Waals surface area contributed by atoms with Gasteiger partial charge in [-0.2, -0.15) is 0 Å². The van der Waals surface area contributed by atoms with Crippen LogP contribution in [0.15, 0.2) is 97.1 Å². The van der Waals surface area contributed by atoms with E-state index in [0.29, 0.717) is 12.0 Å². The smallest absolute Gasteiger partial charge is 0.251 e. The molecule has 9 atom stereocenters. The van der Waals surface area contributed by atoms with Gasteiger partial charge in [0, 0.05) is 37.7 Å². The zero-order chi connectivity index (χ0) is 56.9. The maximum atomic E-state index is 15.8. The minimum absolute atomic E-state index is 0.0507. The molecule has 8 rings (SSSR count).